The molecule has 14 heavy (non-hydrogen) atoms. The molecule has 80 valence electrons. The molecule has 0 aromatic carbocycles. The Balaban J connectivity index is 2.28. The molecule has 1 unspecified atom stereocenters. The van der Waals surface area contributed by atoms with Gasteiger partial charge in [0.15, 0.2) is 0 Å². The molecule has 1 aromatic rings. The zero-order valence-corrected chi connectivity index (χ0v) is 9.77. The highest BCUT2D eigenvalue weighted by Crippen LogP contribution is 2.18. The molecule has 1 rings (SSSR count). The largest absolute Gasteiger partial charge is 0.385 e. The number of nitrogens with two attached hydrogens (primary N) is 1. The summed E-state index contributed by atoms with van der Waals surface area (Å²) in [7, 11) is 1.72. The topological polar surface area (TPSA) is 35.2 Å². The molecule has 0 radical (unpaired) electrons. The quantitative estimate of drug-likeness (QED) is 0.787. The second-order valence-electron chi connectivity index (χ2n) is 3.98. The van der Waals surface area contributed by atoms with Gasteiger partial charge < -0.3 is 10.5 Å². The first-order valence-corrected chi connectivity index (χ1v) is 5.82. The van der Waals surface area contributed by atoms with Gasteiger partial charge in [0.2, 0.25) is 0 Å². The molecule has 0 amide bonds. The molecular weight excluding hydrogens is 194 g/mol. The number of thiophene rings is 1. The Bertz CT molecular complexity index is 244. The van der Waals surface area contributed by atoms with Crippen LogP contribution in [0.15, 0.2) is 17.5 Å². The van der Waals surface area contributed by atoms with E-state index in [1.165, 1.54) is 4.88 Å². The molecule has 1 atom stereocenters. The summed E-state index contributed by atoms with van der Waals surface area (Å²) >= 11 is 1.80. The molecule has 0 aliphatic heterocycles. The van der Waals surface area contributed by atoms with Crippen molar-refractivity contribution in [3.63, 3.8) is 0 Å². The fourth-order valence-electron chi connectivity index (χ4n) is 1.32. The maximum absolute atomic E-state index is 6.14. The zero-order chi connectivity index (χ0) is 10.4. The fourth-order valence-corrected chi connectivity index (χ4v) is 2.03. The fraction of sp³-hybridized carbons (Fsp3) is 0.636. The third-order valence-corrected chi connectivity index (χ3v) is 3.34. The molecule has 0 fully saturated rings. The number of hydrogen-bond acceptors (Lipinski definition) is 3. The predicted molar refractivity (Wildman–Crippen MR) is 61.7 cm³/mol. The summed E-state index contributed by atoms with van der Waals surface area (Å²) in [5.41, 5.74) is 6.05. The highest BCUT2D eigenvalue weighted by Gasteiger charge is 2.17. The van der Waals surface area contributed by atoms with Crippen molar-refractivity contribution < 1.29 is 4.74 Å². The molecule has 1 heterocycles. The highest BCUT2D eigenvalue weighted by molar-refractivity contribution is 7.09. The van der Waals surface area contributed by atoms with E-state index in [9.17, 15) is 0 Å². The van der Waals surface area contributed by atoms with Crippen molar-refractivity contribution in [3.8, 4) is 0 Å². The number of hydrogen-bond donors (Lipinski definition) is 1. The predicted octanol–water partition coefficient (Wildman–Crippen LogP) is 2.43. The lowest BCUT2D eigenvalue weighted by Crippen LogP contribution is -2.37. The Morgan fingerprint density at radius 2 is 2.29 bits per heavy atom. The molecule has 3 heteroatoms. The summed E-state index contributed by atoms with van der Waals surface area (Å²) in [4.78, 5) is 1.42. The lowest BCUT2D eigenvalue weighted by atomic mass is 9.93. The van der Waals surface area contributed by atoms with Gasteiger partial charge in [-0.3, -0.25) is 0 Å². The van der Waals surface area contributed by atoms with Crippen molar-refractivity contribution >= 4 is 11.3 Å². The van der Waals surface area contributed by atoms with E-state index in [2.05, 4.69) is 24.4 Å². The van der Waals surface area contributed by atoms with Crippen molar-refractivity contribution in [2.45, 2.75) is 31.7 Å². The standard InChI is InChI=1S/C11H19NOS/c1-11(12,7-8-13-2)6-5-10-4-3-9-14-10/h3-4,9H,5-8,12H2,1-2H3. The van der Waals surface area contributed by atoms with Crippen LogP contribution in [0.25, 0.3) is 0 Å². The summed E-state index contributed by atoms with van der Waals surface area (Å²) in [6.07, 6.45) is 3.03. The van der Waals surface area contributed by atoms with Gasteiger partial charge >= 0.3 is 0 Å². The maximum atomic E-state index is 6.14. The first-order valence-electron chi connectivity index (χ1n) is 4.94. The normalized spacial score (nSPS) is 15.4. The van der Waals surface area contributed by atoms with Crippen LogP contribution in [-0.4, -0.2) is 19.3 Å². The van der Waals surface area contributed by atoms with Gasteiger partial charge in [0.1, 0.15) is 0 Å². The molecule has 0 saturated carbocycles. The van der Waals surface area contributed by atoms with E-state index >= 15 is 0 Å². The average Bonchev–Trinajstić information content (AvgIpc) is 2.64. The van der Waals surface area contributed by atoms with Crippen molar-refractivity contribution in [2.24, 2.45) is 5.73 Å². The van der Waals surface area contributed by atoms with Crippen LogP contribution in [0.3, 0.4) is 0 Å². The van der Waals surface area contributed by atoms with Gasteiger partial charge in [0, 0.05) is 24.1 Å². The van der Waals surface area contributed by atoms with E-state index in [0.717, 1.165) is 25.9 Å². The van der Waals surface area contributed by atoms with E-state index in [-0.39, 0.29) is 5.54 Å². The number of ether oxygens (including phenoxy) is 1. The molecule has 0 saturated heterocycles. The summed E-state index contributed by atoms with van der Waals surface area (Å²) < 4.78 is 5.04. The van der Waals surface area contributed by atoms with Crippen molar-refractivity contribution in [1.82, 2.24) is 0 Å². The Hall–Kier alpha value is -0.380. The second-order valence-corrected chi connectivity index (χ2v) is 5.01. The zero-order valence-electron chi connectivity index (χ0n) is 8.95. The van der Waals surface area contributed by atoms with E-state index < -0.39 is 0 Å². The second kappa shape index (κ2) is 5.49. The van der Waals surface area contributed by atoms with Crippen molar-refractivity contribution in [3.05, 3.63) is 22.4 Å². The molecule has 0 bridgehead atoms. The Morgan fingerprint density at radius 3 is 2.86 bits per heavy atom. The number of methoxy groups -OCH3 is 1. The van der Waals surface area contributed by atoms with Crippen LogP contribution in [0.4, 0.5) is 0 Å². The van der Waals surface area contributed by atoms with Gasteiger partial charge in [-0.15, -0.1) is 11.3 Å². The average molecular weight is 213 g/mol. The highest BCUT2D eigenvalue weighted by atomic mass is 32.1. The summed E-state index contributed by atoms with van der Waals surface area (Å²) in [6, 6.07) is 4.25. The maximum Gasteiger partial charge on any atom is 0.0479 e. The van der Waals surface area contributed by atoms with Crippen molar-refractivity contribution in [1.29, 1.82) is 0 Å². The van der Waals surface area contributed by atoms with Gasteiger partial charge in [-0.05, 0) is 37.6 Å². The number of aryl methyl sites for hydroxylation is 1. The first-order chi connectivity index (χ1) is 6.64. The molecule has 0 aliphatic rings. The van der Waals surface area contributed by atoms with Gasteiger partial charge in [0.25, 0.3) is 0 Å². The SMILES string of the molecule is COCCC(C)(N)CCc1cccs1. The third kappa shape index (κ3) is 4.22. The minimum absolute atomic E-state index is 0.0972. The summed E-state index contributed by atoms with van der Waals surface area (Å²) in [6.45, 7) is 2.84. The molecule has 0 aliphatic carbocycles. The van der Waals surface area contributed by atoms with Crippen LogP contribution in [0, 0.1) is 0 Å². The van der Waals surface area contributed by atoms with E-state index in [1.807, 2.05) is 0 Å². The van der Waals surface area contributed by atoms with Crippen LogP contribution in [0.1, 0.15) is 24.6 Å². The van der Waals surface area contributed by atoms with Gasteiger partial charge in [-0.25, -0.2) is 0 Å². The van der Waals surface area contributed by atoms with E-state index in [1.54, 1.807) is 18.4 Å². The van der Waals surface area contributed by atoms with Crippen LogP contribution in [0.5, 0.6) is 0 Å². The third-order valence-electron chi connectivity index (χ3n) is 2.40. The molecular formula is C11H19NOS. The Morgan fingerprint density at radius 1 is 1.50 bits per heavy atom. The molecule has 2 N–H and O–H groups in total. The van der Waals surface area contributed by atoms with E-state index in [4.69, 9.17) is 10.5 Å². The minimum atomic E-state index is -0.0972. The molecule has 0 spiro atoms. The number of rotatable bonds is 6. The van der Waals surface area contributed by atoms with E-state index in [0.29, 0.717) is 0 Å². The van der Waals surface area contributed by atoms with Crippen LogP contribution in [0.2, 0.25) is 0 Å². The summed E-state index contributed by atoms with van der Waals surface area (Å²) in [5.74, 6) is 0. The molecule has 2 nitrogen and oxygen atoms in total. The smallest absolute Gasteiger partial charge is 0.0479 e. The monoisotopic (exact) mass is 213 g/mol. The lowest BCUT2D eigenvalue weighted by Gasteiger charge is -2.23. The lowest BCUT2D eigenvalue weighted by molar-refractivity contribution is 0.169. The Kier molecular flexibility index (Phi) is 4.58. The van der Waals surface area contributed by atoms with Crippen molar-refractivity contribution in [2.75, 3.05) is 13.7 Å². The van der Waals surface area contributed by atoms with Gasteiger partial charge in [0.05, 0.1) is 0 Å². The van der Waals surface area contributed by atoms with Crippen LogP contribution < -0.4 is 5.73 Å². The van der Waals surface area contributed by atoms with Crippen LogP contribution in [-0.2, 0) is 11.2 Å². The van der Waals surface area contributed by atoms with Crippen LogP contribution >= 0.6 is 11.3 Å². The van der Waals surface area contributed by atoms with Gasteiger partial charge in [-0.2, -0.15) is 0 Å². The first kappa shape index (κ1) is 11.7. The molecule has 1 aromatic heterocycles. The Labute approximate surface area is 90.1 Å². The van der Waals surface area contributed by atoms with Gasteiger partial charge in [-0.1, -0.05) is 6.07 Å². The minimum Gasteiger partial charge on any atom is -0.385 e. The summed E-state index contributed by atoms with van der Waals surface area (Å²) in [5, 5.41) is 2.11.